The van der Waals surface area contributed by atoms with Gasteiger partial charge in [0.15, 0.2) is 0 Å². The van der Waals surface area contributed by atoms with Gasteiger partial charge in [-0.15, -0.1) is 0 Å². The number of carboxylic acids is 2. The standard InChI is InChI=1S/C9H17NO2.C2H4O2/c1-9(8(11)12)6-4-2-3-5-7(9)10;1-2(3)4/h7H,2-6,10H2,1H3,(H,11,12);1H3,(H,3,4)/t7-,9-;/m0./s1. The Labute approximate surface area is 95.6 Å². The van der Waals surface area contributed by atoms with Crippen molar-refractivity contribution in [1.29, 1.82) is 0 Å². The van der Waals surface area contributed by atoms with Crippen LogP contribution < -0.4 is 5.73 Å². The van der Waals surface area contributed by atoms with E-state index in [1.54, 1.807) is 6.92 Å². The maximum atomic E-state index is 11.0. The number of aliphatic carboxylic acids is 2. The molecule has 1 rings (SSSR count). The zero-order chi connectivity index (χ0) is 12.8. The number of carboxylic acid groups (broad SMARTS) is 2. The Balaban J connectivity index is 0.000000487. The number of rotatable bonds is 1. The summed E-state index contributed by atoms with van der Waals surface area (Å²) >= 11 is 0. The van der Waals surface area contributed by atoms with Crippen molar-refractivity contribution in [3.8, 4) is 0 Å². The fourth-order valence-corrected chi connectivity index (χ4v) is 1.80. The normalized spacial score (nSPS) is 29.6. The van der Waals surface area contributed by atoms with Crippen LogP contribution in [0.1, 0.15) is 46.0 Å². The molecule has 0 spiro atoms. The minimum Gasteiger partial charge on any atom is -0.481 e. The van der Waals surface area contributed by atoms with Gasteiger partial charge in [0.1, 0.15) is 0 Å². The van der Waals surface area contributed by atoms with Crippen LogP contribution in [0.5, 0.6) is 0 Å². The predicted molar refractivity (Wildman–Crippen MR) is 60.1 cm³/mol. The van der Waals surface area contributed by atoms with Crippen molar-refractivity contribution in [3.63, 3.8) is 0 Å². The minimum atomic E-state index is -0.833. The molecule has 4 N–H and O–H groups in total. The van der Waals surface area contributed by atoms with E-state index in [1.807, 2.05) is 0 Å². The molecule has 2 atom stereocenters. The molecule has 0 bridgehead atoms. The van der Waals surface area contributed by atoms with Gasteiger partial charge in [0, 0.05) is 13.0 Å². The summed E-state index contributed by atoms with van der Waals surface area (Å²) in [7, 11) is 0. The molecule has 1 aliphatic rings. The van der Waals surface area contributed by atoms with Crippen LogP contribution in [0, 0.1) is 5.41 Å². The van der Waals surface area contributed by atoms with Gasteiger partial charge in [0.25, 0.3) is 5.97 Å². The highest BCUT2D eigenvalue weighted by Gasteiger charge is 2.39. The van der Waals surface area contributed by atoms with E-state index in [-0.39, 0.29) is 6.04 Å². The van der Waals surface area contributed by atoms with Crippen molar-refractivity contribution < 1.29 is 19.8 Å². The van der Waals surface area contributed by atoms with Crippen LogP contribution in [0.4, 0.5) is 0 Å². The second kappa shape index (κ2) is 6.48. The number of nitrogens with two attached hydrogens (primary N) is 1. The summed E-state index contributed by atoms with van der Waals surface area (Å²) in [6, 6.07) is -0.169. The quantitative estimate of drug-likeness (QED) is 0.593. The van der Waals surface area contributed by atoms with Crippen LogP contribution in [0.15, 0.2) is 0 Å². The summed E-state index contributed by atoms with van der Waals surface area (Å²) in [6.07, 6.45) is 4.77. The van der Waals surface area contributed by atoms with Gasteiger partial charge < -0.3 is 15.9 Å². The van der Waals surface area contributed by atoms with Crippen molar-refractivity contribution in [2.24, 2.45) is 11.1 Å². The molecule has 0 saturated heterocycles. The lowest BCUT2D eigenvalue weighted by molar-refractivity contribution is -0.149. The fourth-order valence-electron chi connectivity index (χ4n) is 1.80. The predicted octanol–water partition coefficient (Wildman–Crippen LogP) is 1.46. The Morgan fingerprint density at radius 2 is 1.75 bits per heavy atom. The van der Waals surface area contributed by atoms with Crippen LogP contribution >= 0.6 is 0 Å². The van der Waals surface area contributed by atoms with Gasteiger partial charge in [0.2, 0.25) is 0 Å². The Morgan fingerprint density at radius 3 is 2.19 bits per heavy atom. The largest absolute Gasteiger partial charge is 0.481 e. The van der Waals surface area contributed by atoms with Crippen molar-refractivity contribution in [2.75, 3.05) is 0 Å². The highest BCUT2D eigenvalue weighted by Crippen LogP contribution is 2.33. The molecule has 5 nitrogen and oxygen atoms in total. The molecule has 94 valence electrons. The zero-order valence-electron chi connectivity index (χ0n) is 9.90. The Morgan fingerprint density at radius 1 is 1.25 bits per heavy atom. The van der Waals surface area contributed by atoms with Gasteiger partial charge >= 0.3 is 5.97 Å². The summed E-state index contributed by atoms with van der Waals surface area (Å²) < 4.78 is 0. The van der Waals surface area contributed by atoms with E-state index >= 15 is 0 Å². The number of hydrogen-bond acceptors (Lipinski definition) is 3. The Kier molecular flexibility index (Phi) is 6.03. The lowest BCUT2D eigenvalue weighted by Gasteiger charge is -2.28. The lowest BCUT2D eigenvalue weighted by Crippen LogP contribution is -2.44. The van der Waals surface area contributed by atoms with E-state index in [4.69, 9.17) is 20.7 Å². The first-order chi connectivity index (χ1) is 7.30. The molecule has 1 aliphatic carbocycles. The molecule has 0 aromatic heterocycles. The van der Waals surface area contributed by atoms with Gasteiger partial charge in [-0.3, -0.25) is 9.59 Å². The zero-order valence-corrected chi connectivity index (χ0v) is 9.90. The molecule has 0 amide bonds. The second-order valence-corrected chi connectivity index (χ2v) is 4.45. The third-order valence-electron chi connectivity index (χ3n) is 3.02. The van der Waals surface area contributed by atoms with E-state index in [0.29, 0.717) is 0 Å². The average Bonchev–Trinajstić information content (AvgIpc) is 2.30. The maximum absolute atomic E-state index is 11.0. The SMILES string of the molecule is CC(=O)O.C[C@]1(C(=O)O)CCCCC[C@@H]1N. The summed E-state index contributed by atoms with van der Waals surface area (Å²) in [5.74, 6) is -1.57. The fraction of sp³-hybridized carbons (Fsp3) is 0.818. The molecule has 1 saturated carbocycles. The summed E-state index contributed by atoms with van der Waals surface area (Å²) in [5, 5.41) is 16.4. The summed E-state index contributed by atoms with van der Waals surface area (Å²) in [5.41, 5.74) is 5.15. The van der Waals surface area contributed by atoms with Gasteiger partial charge in [-0.05, 0) is 19.8 Å². The molecule has 5 heteroatoms. The third kappa shape index (κ3) is 4.61. The van der Waals surface area contributed by atoms with E-state index < -0.39 is 17.4 Å². The van der Waals surface area contributed by atoms with Crippen molar-refractivity contribution in [3.05, 3.63) is 0 Å². The molecule has 0 heterocycles. The summed E-state index contributed by atoms with van der Waals surface area (Å²) in [6.45, 7) is 2.85. The molecule has 0 aromatic rings. The van der Waals surface area contributed by atoms with Crippen LogP contribution in [0.2, 0.25) is 0 Å². The first-order valence-corrected chi connectivity index (χ1v) is 5.49. The van der Waals surface area contributed by atoms with Gasteiger partial charge in [-0.2, -0.15) is 0 Å². The molecule has 1 fully saturated rings. The first-order valence-electron chi connectivity index (χ1n) is 5.49. The molecule has 0 aromatic carbocycles. The number of hydrogen-bond donors (Lipinski definition) is 3. The van der Waals surface area contributed by atoms with Crippen LogP contribution in [0.25, 0.3) is 0 Å². The van der Waals surface area contributed by atoms with Crippen LogP contribution in [-0.4, -0.2) is 28.2 Å². The van der Waals surface area contributed by atoms with E-state index in [0.717, 1.165) is 39.0 Å². The van der Waals surface area contributed by atoms with Gasteiger partial charge in [-0.1, -0.05) is 19.3 Å². The molecular weight excluding hydrogens is 210 g/mol. The molecule has 0 radical (unpaired) electrons. The Hall–Kier alpha value is -1.10. The van der Waals surface area contributed by atoms with Crippen molar-refractivity contribution in [2.45, 2.75) is 52.0 Å². The highest BCUT2D eigenvalue weighted by molar-refractivity contribution is 5.75. The Bertz CT molecular complexity index is 250. The lowest BCUT2D eigenvalue weighted by atomic mass is 9.79. The first kappa shape index (κ1) is 14.9. The number of carbonyl (C=O) groups is 2. The topological polar surface area (TPSA) is 101 Å². The van der Waals surface area contributed by atoms with Gasteiger partial charge in [0.05, 0.1) is 5.41 Å². The van der Waals surface area contributed by atoms with E-state index in [1.165, 1.54) is 0 Å². The third-order valence-corrected chi connectivity index (χ3v) is 3.02. The van der Waals surface area contributed by atoms with Gasteiger partial charge in [-0.25, -0.2) is 0 Å². The minimum absolute atomic E-state index is 0.169. The van der Waals surface area contributed by atoms with Crippen LogP contribution in [-0.2, 0) is 9.59 Å². The average molecular weight is 231 g/mol. The van der Waals surface area contributed by atoms with E-state index in [9.17, 15) is 4.79 Å². The molecule has 0 unspecified atom stereocenters. The molecule has 16 heavy (non-hydrogen) atoms. The molecular formula is C11H21NO4. The van der Waals surface area contributed by atoms with E-state index in [2.05, 4.69) is 0 Å². The maximum Gasteiger partial charge on any atom is 0.310 e. The monoisotopic (exact) mass is 231 g/mol. The smallest absolute Gasteiger partial charge is 0.310 e. The second-order valence-electron chi connectivity index (χ2n) is 4.45. The highest BCUT2D eigenvalue weighted by atomic mass is 16.4. The van der Waals surface area contributed by atoms with Crippen molar-refractivity contribution in [1.82, 2.24) is 0 Å². The van der Waals surface area contributed by atoms with Crippen LogP contribution in [0.3, 0.4) is 0 Å². The van der Waals surface area contributed by atoms with Crippen molar-refractivity contribution >= 4 is 11.9 Å². The summed E-state index contributed by atoms with van der Waals surface area (Å²) in [4.78, 5) is 20.0. The molecule has 0 aliphatic heterocycles.